The lowest BCUT2D eigenvalue weighted by Gasteiger charge is -2.12. The number of hydrogen-bond acceptors (Lipinski definition) is 3. The third kappa shape index (κ3) is 4.05. The largest absolute Gasteiger partial charge is 0.366 e. The summed E-state index contributed by atoms with van der Waals surface area (Å²) in [5, 5.41) is 2.58. The third-order valence-electron chi connectivity index (χ3n) is 2.23. The fraction of sp³-hybridized carbons (Fsp3) is 0.273. The molecule has 0 aliphatic carbocycles. The predicted molar refractivity (Wildman–Crippen MR) is 69.1 cm³/mol. The standard InChI is InChI=1S/C11H15N3O2.ClH/c1-2-8(12)11(16)14-9-6-4-3-5-7(9)10(13)15;/h3-6,8H,2,12H2,1H3,(H2,13,15)(H,14,16);1H/t8-;/m0./s1. The number of para-hydroxylation sites is 1. The Labute approximate surface area is 106 Å². The van der Waals surface area contributed by atoms with E-state index in [0.29, 0.717) is 12.1 Å². The van der Waals surface area contributed by atoms with Gasteiger partial charge in [-0.3, -0.25) is 9.59 Å². The summed E-state index contributed by atoms with van der Waals surface area (Å²) >= 11 is 0. The number of carbonyl (C=O) groups is 2. The highest BCUT2D eigenvalue weighted by molar-refractivity contribution is 6.04. The summed E-state index contributed by atoms with van der Waals surface area (Å²) in [6.45, 7) is 1.81. The van der Waals surface area contributed by atoms with Gasteiger partial charge in [-0.25, -0.2) is 0 Å². The van der Waals surface area contributed by atoms with Crippen LogP contribution in [0.2, 0.25) is 0 Å². The minimum Gasteiger partial charge on any atom is -0.366 e. The molecule has 1 aromatic rings. The maximum absolute atomic E-state index is 11.5. The molecule has 0 fully saturated rings. The number of halogens is 1. The summed E-state index contributed by atoms with van der Waals surface area (Å²) in [6, 6.07) is 5.96. The smallest absolute Gasteiger partial charge is 0.250 e. The van der Waals surface area contributed by atoms with Gasteiger partial charge in [0.15, 0.2) is 0 Å². The monoisotopic (exact) mass is 257 g/mol. The Bertz CT molecular complexity index is 409. The fourth-order valence-electron chi connectivity index (χ4n) is 1.22. The van der Waals surface area contributed by atoms with E-state index in [1.165, 1.54) is 0 Å². The fourth-order valence-corrected chi connectivity index (χ4v) is 1.22. The molecule has 0 aromatic heterocycles. The summed E-state index contributed by atoms with van der Waals surface area (Å²) in [7, 11) is 0. The molecular weight excluding hydrogens is 242 g/mol. The van der Waals surface area contributed by atoms with E-state index < -0.39 is 11.9 Å². The average Bonchev–Trinajstić information content (AvgIpc) is 2.28. The Hall–Kier alpha value is -1.59. The van der Waals surface area contributed by atoms with Crippen molar-refractivity contribution in [3.05, 3.63) is 29.8 Å². The Morgan fingerprint density at radius 1 is 1.35 bits per heavy atom. The lowest BCUT2D eigenvalue weighted by atomic mass is 10.1. The van der Waals surface area contributed by atoms with Gasteiger partial charge >= 0.3 is 0 Å². The number of rotatable bonds is 4. The van der Waals surface area contributed by atoms with Gasteiger partial charge in [0.2, 0.25) is 5.91 Å². The number of primary amides is 1. The van der Waals surface area contributed by atoms with Crippen LogP contribution in [0.3, 0.4) is 0 Å². The van der Waals surface area contributed by atoms with Gasteiger partial charge < -0.3 is 16.8 Å². The summed E-state index contributed by atoms with van der Waals surface area (Å²) in [4.78, 5) is 22.6. The maximum Gasteiger partial charge on any atom is 0.250 e. The van der Waals surface area contributed by atoms with Gasteiger partial charge in [-0.05, 0) is 18.6 Å². The van der Waals surface area contributed by atoms with Gasteiger partial charge in [-0.1, -0.05) is 19.1 Å². The summed E-state index contributed by atoms with van der Waals surface area (Å²) in [5.41, 5.74) is 11.4. The Morgan fingerprint density at radius 3 is 2.47 bits per heavy atom. The van der Waals surface area contributed by atoms with Crippen LogP contribution in [0, 0.1) is 0 Å². The second kappa shape index (κ2) is 6.88. The molecule has 0 saturated heterocycles. The maximum atomic E-state index is 11.5. The van der Waals surface area contributed by atoms with Crippen molar-refractivity contribution in [3.63, 3.8) is 0 Å². The van der Waals surface area contributed by atoms with Crippen LogP contribution in [0.4, 0.5) is 5.69 Å². The van der Waals surface area contributed by atoms with Crippen LogP contribution in [0.25, 0.3) is 0 Å². The average molecular weight is 258 g/mol. The van der Waals surface area contributed by atoms with Crippen molar-refractivity contribution in [2.75, 3.05) is 5.32 Å². The lowest BCUT2D eigenvalue weighted by Crippen LogP contribution is -2.35. The number of hydrogen-bond donors (Lipinski definition) is 3. The third-order valence-corrected chi connectivity index (χ3v) is 2.23. The molecule has 94 valence electrons. The number of carbonyl (C=O) groups excluding carboxylic acids is 2. The predicted octanol–water partition coefficient (Wildman–Crippen LogP) is 0.883. The van der Waals surface area contributed by atoms with E-state index >= 15 is 0 Å². The first-order valence-electron chi connectivity index (χ1n) is 5.01. The van der Waals surface area contributed by atoms with Crippen molar-refractivity contribution in [1.29, 1.82) is 0 Å². The molecule has 5 N–H and O–H groups in total. The first-order valence-corrected chi connectivity index (χ1v) is 5.01. The highest BCUT2D eigenvalue weighted by atomic mass is 35.5. The molecule has 2 amide bonds. The molecule has 0 spiro atoms. The highest BCUT2D eigenvalue weighted by Crippen LogP contribution is 2.14. The van der Waals surface area contributed by atoms with E-state index in [1.807, 2.05) is 6.92 Å². The molecule has 0 aliphatic rings. The lowest BCUT2D eigenvalue weighted by molar-refractivity contribution is -0.117. The van der Waals surface area contributed by atoms with E-state index in [4.69, 9.17) is 11.5 Å². The van der Waals surface area contributed by atoms with Gasteiger partial charge in [-0.15, -0.1) is 12.4 Å². The molecular formula is C11H16ClN3O2. The molecule has 17 heavy (non-hydrogen) atoms. The van der Waals surface area contributed by atoms with E-state index in [-0.39, 0.29) is 23.9 Å². The van der Waals surface area contributed by atoms with Gasteiger partial charge in [0, 0.05) is 0 Å². The van der Waals surface area contributed by atoms with Crippen molar-refractivity contribution < 1.29 is 9.59 Å². The number of benzene rings is 1. The molecule has 0 radical (unpaired) electrons. The van der Waals surface area contributed by atoms with Gasteiger partial charge in [0.1, 0.15) is 0 Å². The molecule has 0 bridgehead atoms. The van der Waals surface area contributed by atoms with Crippen LogP contribution in [-0.2, 0) is 4.79 Å². The molecule has 0 aliphatic heterocycles. The number of nitrogens with two attached hydrogens (primary N) is 2. The SMILES string of the molecule is CC[C@H](N)C(=O)Nc1ccccc1C(N)=O.Cl. The molecule has 5 nitrogen and oxygen atoms in total. The van der Waals surface area contributed by atoms with Crippen LogP contribution in [0.5, 0.6) is 0 Å². The van der Waals surface area contributed by atoms with Crippen LogP contribution in [0.1, 0.15) is 23.7 Å². The first-order chi connectivity index (χ1) is 7.56. The van der Waals surface area contributed by atoms with Crippen LogP contribution < -0.4 is 16.8 Å². The van der Waals surface area contributed by atoms with Crippen LogP contribution >= 0.6 is 12.4 Å². The Balaban J connectivity index is 0.00000256. The molecule has 1 rings (SSSR count). The zero-order valence-electron chi connectivity index (χ0n) is 9.47. The number of nitrogens with one attached hydrogen (secondary N) is 1. The summed E-state index contributed by atoms with van der Waals surface area (Å²) in [5.74, 6) is -0.905. The van der Waals surface area contributed by atoms with Crippen molar-refractivity contribution >= 4 is 29.9 Å². The summed E-state index contributed by atoms with van der Waals surface area (Å²) in [6.07, 6.45) is 0.532. The van der Waals surface area contributed by atoms with E-state index in [0.717, 1.165) is 0 Å². The number of anilines is 1. The molecule has 1 aromatic carbocycles. The van der Waals surface area contributed by atoms with Gasteiger partial charge in [-0.2, -0.15) is 0 Å². The quantitative estimate of drug-likeness (QED) is 0.747. The molecule has 0 unspecified atom stereocenters. The molecule has 1 atom stereocenters. The normalized spacial score (nSPS) is 11.2. The van der Waals surface area contributed by atoms with Crippen LogP contribution in [0.15, 0.2) is 24.3 Å². The highest BCUT2D eigenvalue weighted by Gasteiger charge is 2.14. The topological polar surface area (TPSA) is 98.2 Å². The first kappa shape index (κ1) is 15.4. The van der Waals surface area contributed by atoms with E-state index in [9.17, 15) is 9.59 Å². The minimum absolute atomic E-state index is 0. The Morgan fingerprint density at radius 2 is 1.94 bits per heavy atom. The zero-order chi connectivity index (χ0) is 12.1. The zero-order valence-corrected chi connectivity index (χ0v) is 10.3. The van der Waals surface area contributed by atoms with Crippen LogP contribution in [-0.4, -0.2) is 17.9 Å². The van der Waals surface area contributed by atoms with Crippen molar-refractivity contribution in [3.8, 4) is 0 Å². The molecule has 0 saturated carbocycles. The van der Waals surface area contributed by atoms with Gasteiger partial charge in [0.25, 0.3) is 5.91 Å². The number of amides is 2. The van der Waals surface area contributed by atoms with E-state index in [2.05, 4.69) is 5.32 Å². The second-order valence-electron chi connectivity index (χ2n) is 3.41. The van der Waals surface area contributed by atoms with Crippen molar-refractivity contribution in [1.82, 2.24) is 0 Å². The minimum atomic E-state index is -0.582. The molecule has 6 heteroatoms. The second-order valence-corrected chi connectivity index (χ2v) is 3.41. The molecule has 0 heterocycles. The Kier molecular flexibility index (Phi) is 6.23. The summed E-state index contributed by atoms with van der Waals surface area (Å²) < 4.78 is 0. The van der Waals surface area contributed by atoms with E-state index in [1.54, 1.807) is 24.3 Å². The van der Waals surface area contributed by atoms with Crippen molar-refractivity contribution in [2.24, 2.45) is 11.5 Å². The van der Waals surface area contributed by atoms with Crippen molar-refractivity contribution in [2.45, 2.75) is 19.4 Å². The van der Waals surface area contributed by atoms with Gasteiger partial charge in [0.05, 0.1) is 17.3 Å².